The third-order valence-corrected chi connectivity index (χ3v) is 4.48. The van der Waals surface area contributed by atoms with Crippen molar-refractivity contribution in [3.8, 4) is 17.6 Å². The van der Waals surface area contributed by atoms with Crippen molar-refractivity contribution in [2.45, 2.75) is 6.42 Å². The van der Waals surface area contributed by atoms with Gasteiger partial charge in [-0.15, -0.1) is 0 Å². The fraction of sp³-hybridized carbons (Fsp3) is 0.250. The molecule has 0 spiro atoms. The number of nitriles is 1. The first kappa shape index (κ1) is 18.3. The molecule has 0 saturated carbocycles. The molecule has 1 N–H and O–H groups in total. The number of nitrogens with one attached hydrogen (secondary N) is 1. The van der Waals surface area contributed by atoms with E-state index in [0.717, 1.165) is 0 Å². The van der Waals surface area contributed by atoms with E-state index in [0.29, 0.717) is 28.4 Å². The van der Waals surface area contributed by atoms with Crippen LogP contribution in [0.2, 0.25) is 0 Å². The van der Waals surface area contributed by atoms with Crippen LogP contribution in [0.25, 0.3) is 0 Å². The van der Waals surface area contributed by atoms with Crippen LogP contribution in [0, 0.1) is 17.2 Å². The van der Waals surface area contributed by atoms with E-state index in [-0.39, 0.29) is 24.8 Å². The number of para-hydroxylation sites is 1. The van der Waals surface area contributed by atoms with Gasteiger partial charge < -0.3 is 19.7 Å². The van der Waals surface area contributed by atoms with E-state index in [2.05, 4.69) is 5.32 Å². The van der Waals surface area contributed by atoms with Crippen molar-refractivity contribution in [1.29, 1.82) is 5.26 Å². The van der Waals surface area contributed by atoms with Gasteiger partial charge in [-0.2, -0.15) is 5.26 Å². The van der Waals surface area contributed by atoms with E-state index < -0.39 is 5.92 Å². The van der Waals surface area contributed by atoms with E-state index >= 15 is 0 Å². The molecule has 0 radical (unpaired) electrons. The maximum atomic E-state index is 12.6. The fourth-order valence-electron chi connectivity index (χ4n) is 3.05. The normalized spacial score (nSPS) is 16.0. The van der Waals surface area contributed by atoms with Gasteiger partial charge in [-0.25, -0.2) is 0 Å². The summed E-state index contributed by atoms with van der Waals surface area (Å²) in [7, 11) is 3.07. The quantitative estimate of drug-likeness (QED) is 0.879. The molecule has 2 aromatic rings. The van der Waals surface area contributed by atoms with Gasteiger partial charge in [0.15, 0.2) is 0 Å². The van der Waals surface area contributed by atoms with Crippen molar-refractivity contribution in [1.82, 2.24) is 0 Å². The number of hydrogen-bond acceptors (Lipinski definition) is 5. The zero-order chi connectivity index (χ0) is 19.4. The van der Waals surface area contributed by atoms with Crippen molar-refractivity contribution < 1.29 is 19.1 Å². The topological polar surface area (TPSA) is 91.7 Å². The minimum atomic E-state index is -0.518. The number of hydrogen-bond donors (Lipinski definition) is 1. The molecule has 3 rings (SSSR count). The third-order valence-electron chi connectivity index (χ3n) is 4.48. The highest BCUT2D eigenvalue weighted by Gasteiger charge is 2.36. The van der Waals surface area contributed by atoms with Crippen molar-refractivity contribution in [3.63, 3.8) is 0 Å². The Kier molecular flexibility index (Phi) is 5.27. The van der Waals surface area contributed by atoms with Crippen molar-refractivity contribution >= 4 is 23.2 Å². The fourth-order valence-corrected chi connectivity index (χ4v) is 3.05. The first-order chi connectivity index (χ1) is 13.1. The first-order valence-electron chi connectivity index (χ1n) is 8.39. The number of carbonyl (C=O) groups excluding carboxylic acids is 2. The Morgan fingerprint density at radius 2 is 2.00 bits per heavy atom. The molecule has 0 aliphatic carbocycles. The summed E-state index contributed by atoms with van der Waals surface area (Å²) in [4.78, 5) is 26.6. The Hall–Kier alpha value is -3.53. The monoisotopic (exact) mass is 365 g/mol. The van der Waals surface area contributed by atoms with Crippen LogP contribution in [0.4, 0.5) is 11.4 Å². The second-order valence-electron chi connectivity index (χ2n) is 6.09. The predicted molar refractivity (Wildman–Crippen MR) is 99.8 cm³/mol. The molecule has 0 bridgehead atoms. The number of rotatable bonds is 5. The van der Waals surface area contributed by atoms with E-state index in [1.807, 2.05) is 6.07 Å². The summed E-state index contributed by atoms with van der Waals surface area (Å²) in [5.41, 5.74) is 1.41. The number of ether oxygens (including phenoxy) is 2. The average molecular weight is 365 g/mol. The zero-order valence-corrected chi connectivity index (χ0v) is 15.1. The van der Waals surface area contributed by atoms with Crippen molar-refractivity contribution in [3.05, 3.63) is 48.0 Å². The second-order valence-corrected chi connectivity index (χ2v) is 6.09. The Balaban J connectivity index is 1.77. The van der Waals surface area contributed by atoms with Gasteiger partial charge in [0.25, 0.3) is 0 Å². The van der Waals surface area contributed by atoms with Gasteiger partial charge >= 0.3 is 0 Å². The Labute approximate surface area is 157 Å². The molecule has 1 fully saturated rings. The molecule has 2 amide bonds. The Morgan fingerprint density at radius 3 is 2.70 bits per heavy atom. The van der Waals surface area contributed by atoms with Crippen LogP contribution in [0.15, 0.2) is 42.5 Å². The molecule has 27 heavy (non-hydrogen) atoms. The van der Waals surface area contributed by atoms with Gasteiger partial charge in [0.1, 0.15) is 17.6 Å². The van der Waals surface area contributed by atoms with Gasteiger partial charge in [-0.1, -0.05) is 12.1 Å². The molecule has 1 saturated heterocycles. The summed E-state index contributed by atoms with van der Waals surface area (Å²) >= 11 is 0. The molecule has 7 heteroatoms. The van der Waals surface area contributed by atoms with Crippen molar-refractivity contribution in [2.75, 3.05) is 31.0 Å². The number of nitrogens with zero attached hydrogens (tertiary/aromatic N) is 2. The van der Waals surface area contributed by atoms with E-state index in [1.165, 1.54) is 7.11 Å². The maximum absolute atomic E-state index is 12.6. The Morgan fingerprint density at radius 1 is 1.22 bits per heavy atom. The summed E-state index contributed by atoms with van der Waals surface area (Å²) in [6, 6.07) is 14.0. The lowest BCUT2D eigenvalue weighted by Crippen LogP contribution is -2.28. The van der Waals surface area contributed by atoms with E-state index in [4.69, 9.17) is 14.7 Å². The van der Waals surface area contributed by atoms with Gasteiger partial charge in [0, 0.05) is 19.0 Å². The molecule has 1 aliphatic heterocycles. The number of amides is 2. The number of methoxy groups -OCH3 is 2. The van der Waals surface area contributed by atoms with Crippen LogP contribution in [-0.2, 0) is 9.59 Å². The molecule has 138 valence electrons. The minimum Gasteiger partial charge on any atom is -0.497 e. The minimum absolute atomic E-state index is 0.0930. The third kappa shape index (κ3) is 3.70. The Bertz CT molecular complexity index is 920. The highest BCUT2D eigenvalue weighted by Crippen LogP contribution is 2.36. The molecule has 1 heterocycles. The molecular weight excluding hydrogens is 346 g/mol. The lowest BCUT2D eigenvalue weighted by Gasteiger charge is -2.20. The zero-order valence-electron chi connectivity index (χ0n) is 15.1. The smallest absolute Gasteiger partial charge is 0.229 e. The molecule has 0 unspecified atom stereocenters. The lowest BCUT2D eigenvalue weighted by atomic mass is 10.1. The average Bonchev–Trinajstić information content (AvgIpc) is 3.09. The molecule has 0 aromatic heterocycles. The molecular formula is C20H19N3O4. The van der Waals surface area contributed by atoms with Crippen LogP contribution in [0.3, 0.4) is 0 Å². The SMILES string of the molecule is COc1ccc(N2C[C@H](C(=O)Nc3ccccc3C#N)CC2=O)c(OC)c1. The van der Waals surface area contributed by atoms with E-state index in [9.17, 15) is 9.59 Å². The van der Waals surface area contributed by atoms with Crippen LogP contribution in [-0.4, -0.2) is 32.6 Å². The summed E-state index contributed by atoms with van der Waals surface area (Å²) < 4.78 is 10.5. The number of carbonyl (C=O) groups is 2. The largest absolute Gasteiger partial charge is 0.497 e. The summed E-state index contributed by atoms with van der Waals surface area (Å²) in [6.45, 7) is 0.238. The van der Waals surface area contributed by atoms with Crippen LogP contribution >= 0.6 is 0 Å². The van der Waals surface area contributed by atoms with Gasteiger partial charge in [0.2, 0.25) is 11.8 Å². The van der Waals surface area contributed by atoms with Gasteiger partial charge in [-0.3, -0.25) is 9.59 Å². The number of benzene rings is 2. The van der Waals surface area contributed by atoms with Gasteiger partial charge in [-0.05, 0) is 24.3 Å². The van der Waals surface area contributed by atoms with Crippen LogP contribution < -0.4 is 19.7 Å². The highest BCUT2D eigenvalue weighted by molar-refractivity contribution is 6.04. The molecule has 1 atom stereocenters. The summed E-state index contributed by atoms with van der Waals surface area (Å²) in [5, 5.41) is 11.9. The highest BCUT2D eigenvalue weighted by atomic mass is 16.5. The number of anilines is 2. The maximum Gasteiger partial charge on any atom is 0.229 e. The van der Waals surface area contributed by atoms with Gasteiger partial charge in [0.05, 0.1) is 37.1 Å². The van der Waals surface area contributed by atoms with Crippen molar-refractivity contribution in [2.24, 2.45) is 5.92 Å². The molecule has 1 aliphatic rings. The van der Waals surface area contributed by atoms with E-state index in [1.54, 1.807) is 54.5 Å². The standard InChI is InChI=1S/C20H19N3O4/c1-26-15-7-8-17(18(10-15)27-2)23-12-14(9-19(23)24)20(25)22-16-6-4-3-5-13(16)11-21/h3-8,10,14H,9,12H2,1-2H3,(H,22,25)/t14-/m1/s1. The molecule has 2 aromatic carbocycles. The predicted octanol–water partition coefficient (Wildman–Crippen LogP) is 2.57. The summed E-state index contributed by atoms with van der Waals surface area (Å²) in [6.07, 6.45) is 0.0930. The molecule has 7 nitrogen and oxygen atoms in total. The second kappa shape index (κ2) is 7.79. The lowest BCUT2D eigenvalue weighted by molar-refractivity contribution is -0.122. The first-order valence-corrected chi connectivity index (χ1v) is 8.39. The van der Waals surface area contributed by atoms with Crippen LogP contribution in [0.5, 0.6) is 11.5 Å². The van der Waals surface area contributed by atoms with Crippen LogP contribution in [0.1, 0.15) is 12.0 Å². The summed E-state index contributed by atoms with van der Waals surface area (Å²) in [5.74, 6) is 0.146.